The van der Waals surface area contributed by atoms with Gasteiger partial charge in [0.05, 0.1) is 12.2 Å². The summed E-state index contributed by atoms with van der Waals surface area (Å²) in [4.78, 5) is 0. The summed E-state index contributed by atoms with van der Waals surface area (Å²) in [6.45, 7) is 16.5. The van der Waals surface area contributed by atoms with Crippen LogP contribution in [0.3, 0.4) is 0 Å². The number of rotatable bonds is 17. The fraction of sp³-hybridized carbons (Fsp3) is 0.862. The van der Waals surface area contributed by atoms with Crippen LogP contribution in [0.2, 0.25) is 0 Å². The summed E-state index contributed by atoms with van der Waals surface area (Å²) in [7, 11) is 0. The van der Waals surface area contributed by atoms with E-state index in [9.17, 15) is 5.11 Å². The van der Waals surface area contributed by atoms with Crippen molar-refractivity contribution in [3.8, 4) is 0 Å². The molecule has 31 heavy (non-hydrogen) atoms. The SMILES string of the molecule is CCCCCC(C)(O)CCCC(C)CCCC(C)CCC1=CCC(C)C(C)=C1OCC. The number of hydrogen-bond acceptors (Lipinski definition) is 2. The Morgan fingerprint density at radius 3 is 2.26 bits per heavy atom. The average Bonchev–Trinajstić information content (AvgIpc) is 2.71. The van der Waals surface area contributed by atoms with Crippen LogP contribution in [0.5, 0.6) is 0 Å². The fourth-order valence-electron chi connectivity index (χ4n) is 4.85. The summed E-state index contributed by atoms with van der Waals surface area (Å²) in [6.07, 6.45) is 18.0. The Morgan fingerprint density at radius 1 is 1.00 bits per heavy atom. The van der Waals surface area contributed by atoms with Crippen molar-refractivity contribution in [2.45, 2.75) is 138 Å². The van der Waals surface area contributed by atoms with Crippen LogP contribution in [-0.2, 0) is 4.74 Å². The Balaban J connectivity index is 2.23. The van der Waals surface area contributed by atoms with Crippen LogP contribution in [0.1, 0.15) is 132 Å². The van der Waals surface area contributed by atoms with Crippen molar-refractivity contribution in [2.24, 2.45) is 17.8 Å². The van der Waals surface area contributed by atoms with Gasteiger partial charge in [-0.2, -0.15) is 0 Å². The Labute approximate surface area is 194 Å². The van der Waals surface area contributed by atoms with Crippen molar-refractivity contribution >= 4 is 0 Å². The van der Waals surface area contributed by atoms with E-state index in [2.05, 4.69) is 47.6 Å². The maximum absolute atomic E-state index is 10.5. The third-order valence-electron chi connectivity index (χ3n) is 7.43. The Kier molecular flexibility index (Phi) is 13.8. The van der Waals surface area contributed by atoms with E-state index in [1.165, 1.54) is 61.9 Å². The van der Waals surface area contributed by atoms with Crippen LogP contribution in [0.25, 0.3) is 0 Å². The predicted molar refractivity (Wildman–Crippen MR) is 136 cm³/mol. The van der Waals surface area contributed by atoms with Gasteiger partial charge in [0.2, 0.25) is 0 Å². The van der Waals surface area contributed by atoms with Gasteiger partial charge >= 0.3 is 0 Å². The van der Waals surface area contributed by atoms with Gasteiger partial charge in [0.25, 0.3) is 0 Å². The maximum Gasteiger partial charge on any atom is 0.121 e. The van der Waals surface area contributed by atoms with E-state index in [0.717, 1.165) is 57.0 Å². The summed E-state index contributed by atoms with van der Waals surface area (Å²) in [6, 6.07) is 0. The lowest BCUT2D eigenvalue weighted by Gasteiger charge is -2.25. The van der Waals surface area contributed by atoms with E-state index < -0.39 is 5.60 Å². The molecule has 0 radical (unpaired) electrons. The first-order chi connectivity index (χ1) is 14.7. The molecule has 1 aliphatic carbocycles. The lowest BCUT2D eigenvalue weighted by Crippen LogP contribution is -2.23. The molecular formula is C29H54O2. The zero-order chi connectivity index (χ0) is 23.3. The van der Waals surface area contributed by atoms with Crippen LogP contribution in [0, 0.1) is 17.8 Å². The molecule has 1 aliphatic rings. The van der Waals surface area contributed by atoms with Gasteiger partial charge in [-0.05, 0) is 81.8 Å². The molecule has 0 amide bonds. The summed E-state index contributed by atoms with van der Waals surface area (Å²) >= 11 is 0. The van der Waals surface area contributed by atoms with E-state index in [0.29, 0.717) is 5.92 Å². The lowest BCUT2D eigenvalue weighted by molar-refractivity contribution is 0.0358. The number of ether oxygens (including phenoxy) is 1. The molecule has 4 unspecified atom stereocenters. The van der Waals surface area contributed by atoms with Crippen molar-refractivity contribution in [3.05, 3.63) is 23.0 Å². The van der Waals surface area contributed by atoms with Crippen LogP contribution in [0.4, 0.5) is 0 Å². The molecule has 1 rings (SSSR count). The molecule has 0 heterocycles. The topological polar surface area (TPSA) is 29.5 Å². The Morgan fingerprint density at radius 2 is 1.61 bits per heavy atom. The lowest BCUT2D eigenvalue weighted by atomic mass is 9.85. The number of allylic oxidation sites excluding steroid dienone is 3. The Bertz CT molecular complexity index is 543. The van der Waals surface area contributed by atoms with E-state index in [4.69, 9.17) is 4.74 Å². The molecule has 0 saturated carbocycles. The molecule has 2 heteroatoms. The van der Waals surface area contributed by atoms with Crippen molar-refractivity contribution in [1.82, 2.24) is 0 Å². The highest BCUT2D eigenvalue weighted by molar-refractivity contribution is 5.34. The van der Waals surface area contributed by atoms with Gasteiger partial charge in [-0.25, -0.2) is 0 Å². The van der Waals surface area contributed by atoms with Crippen LogP contribution < -0.4 is 0 Å². The first kappa shape index (κ1) is 28.3. The monoisotopic (exact) mass is 434 g/mol. The minimum absolute atomic E-state index is 0.456. The van der Waals surface area contributed by atoms with E-state index in [1.807, 2.05) is 6.92 Å². The molecule has 182 valence electrons. The first-order valence-electron chi connectivity index (χ1n) is 13.5. The highest BCUT2D eigenvalue weighted by Crippen LogP contribution is 2.34. The molecule has 1 N–H and O–H groups in total. The second-order valence-electron chi connectivity index (χ2n) is 10.8. The highest BCUT2D eigenvalue weighted by atomic mass is 16.5. The van der Waals surface area contributed by atoms with Gasteiger partial charge in [-0.1, -0.05) is 85.1 Å². The first-order valence-corrected chi connectivity index (χ1v) is 13.5. The summed E-state index contributed by atoms with van der Waals surface area (Å²) in [5.74, 6) is 3.35. The predicted octanol–water partition coefficient (Wildman–Crippen LogP) is 8.99. The summed E-state index contributed by atoms with van der Waals surface area (Å²) in [5, 5.41) is 10.5. The standard InChI is InChI=1S/C29H54O2/c1-8-10-11-21-29(7,30)22-13-16-23(3)14-12-15-24(4)17-19-27-20-18-25(5)26(6)28(27)31-9-2/h20,23-25,30H,8-19,21-22H2,1-7H3. The van der Waals surface area contributed by atoms with Crippen molar-refractivity contribution in [2.75, 3.05) is 6.61 Å². The van der Waals surface area contributed by atoms with Crippen LogP contribution in [0.15, 0.2) is 23.0 Å². The average molecular weight is 435 g/mol. The van der Waals surface area contributed by atoms with Crippen LogP contribution >= 0.6 is 0 Å². The maximum atomic E-state index is 10.5. The van der Waals surface area contributed by atoms with E-state index >= 15 is 0 Å². The molecule has 0 aromatic rings. The fourth-order valence-corrected chi connectivity index (χ4v) is 4.85. The minimum Gasteiger partial charge on any atom is -0.494 e. The molecule has 2 nitrogen and oxygen atoms in total. The molecule has 4 atom stereocenters. The molecule has 0 spiro atoms. The normalized spacial score (nSPS) is 20.9. The molecule has 0 aromatic carbocycles. The third kappa shape index (κ3) is 11.6. The summed E-state index contributed by atoms with van der Waals surface area (Å²) in [5.41, 5.74) is 2.43. The van der Waals surface area contributed by atoms with Crippen molar-refractivity contribution < 1.29 is 9.84 Å². The summed E-state index contributed by atoms with van der Waals surface area (Å²) < 4.78 is 6.01. The highest BCUT2D eigenvalue weighted by Gasteiger charge is 2.21. The molecule has 0 aliphatic heterocycles. The minimum atomic E-state index is -0.456. The van der Waals surface area contributed by atoms with Gasteiger partial charge in [0.1, 0.15) is 5.76 Å². The van der Waals surface area contributed by atoms with Gasteiger partial charge in [0.15, 0.2) is 0 Å². The van der Waals surface area contributed by atoms with E-state index in [1.54, 1.807) is 0 Å². The van der Waals surface area contributed by atoms with Crippen molar-refractivity contribution in [3.63, 3.8) is 0 Å². The quantitative estimate of drug-likeness (QED) is 0.231. The number of aliphatic hydroxyl groups is 1. The molecule has 0 bridgehead atoms. The molecule has 0 fully saturated rings. The molecular weight excluding hydrogens is 380 g/mol. The van der Waals surface area contributed by atoms with Gasteiger partial charge in [-0.3, -0.25) is 0 Å². The van der Waals surface area contributed by atoms with E-state index in [-0.39, 0.29) is 0 Å². The van der Waals surface area contributed by atoms with Gasteiger partial charge < -0.3 is 9.84 Å². The molecule has 0 aromatic heterocycles. The van der Waals surface area contributed by atoms with Crippen molar-refractivity contribution in [1.29, 1.82) is 0 Å². The number of hydrogen-bond donors (Lipinski definition) is 1. The van der Waals surface area contributed by atoms with Crippen LogP contribution in [-0.4, -0.2) is 17.3 Å². The smallest absolute Gasteiger partial charge is 0.121 e. The Hall–Kier alpha value is -0.760. The zero-order valence-corrected chi connectivity index (χ0v) is 22.1. The largest absolute Gasteiger partial charge is 0.494 e. The second kappa shape index (κ2) is 15.1. The number of unbranched alkanes of at least 4 members (excludes halogenated alkanes) is 2. The molecule has 0 saturated heterocycles. The third-order valence-corrected chi connectivity index (χ3v) is 7.43. The van der Waals surface area contributed by atoms with Gasteiger partial charge in [-0.15, -0.1) is 0 Å². The zero-order valence-electron chi connectivity index (χ0n) is 22.1. The second-order valence-corrected chi connectivity index (χ2v) is 10.8. The van der Waals surface area contributed by atoms with Gasteiger partial charge in [0, 0.05) is 0 Å².